The maximum atomic E-state index is 12.2. The number of rotatable bonds is 4. The summed E-state index contributed by atoms with van der Waals surface area (Å²) in [6, 6.07) is 6.22. The Labute approximate surface area is 143 Å². The molecule has 7 nitrogen and oxygen atoms in total. The smallest absolute Gasteiger partial charge is 0.341 e. The van der Waals surface area contributed by atoms with Crippen LogP contribution in [0.4, 0.5) is 5.69 Å². The van der Waals surface area contributed by atoms with E-state index in [-0.39, 0.29) is 30.3 Å². The number of aliphatic imine (C=N–C) groups is 1. The predicted octanol–water partition coefficient (Wildman–Crippen LogP) is 2.74. The number of para-hydroxylation sites is 1. The number of hydrogen-bond acceptors (Lipinski definition) is 7. The third kappa shape index (κ3) is 4.10. The van der Waals surface area contributed by atoms with Crippen LogP contribution in [0.2, 0.25) is 0 Å². The molecule has 0 amide bonds. The maximum absolute atomic E-state index is 12.2. The molecule has 1 heterocycles. The van der Waals surface area contributed by atoms with Crippen LogP contribution in [0, 0.1) is 10.1 Å². The van der Waals surface area contributed by atoms with Crippen LogP contribution < -0.4 is 5.73 Å². The van der Waals surface area contributed by atoms with E-state index in [1.807, 2.05) is 0 Å². The number of halogens is 1. The second-order valence-electron chi connectivity index (χ2n) is 4.42. The van der Waals surface area contributed by atoms with Crippen molar-refractivity contribution >= 4 is 46.4 Å². The predicted molar refractivity (Wildman–Crippen MR) is 92.6 cm³/mol. The lowest BCUT2D eigenvalue weighted by atomic mass is 10.1. The van der Waals surface area contributed by atoms with Crippen LogP contribution >= 0.6 is 24.2 Å². The van der Waals surface area contributed by atoms with Crippen molar-refractivity contribution in [2.24, 2.45) is 10.7 Å². The van der Waals surface area contributed by atoms with Crippen molar-refractivity contribution in [3.63, 3.8) is 0 Å². The Bertz CT molecular complexity index is 690. The van der Waals surface area contributed by atoms with Gasteiger partial charge < -0.3 is 10.5 Å². The average Bonchev–Trinajstić information content (AvgIpc) is 2.46. The lowest BCUT2D eigenvalue weighted by molar-refractivity contribution is -0.385. The molecule has 2 N–H and O–H groups in total. The molecule has 2 rings (SSSR count). The zero-order valence-electron chi connectivity index (χ0n) is 12.5. The van der Waals surface area contributed by atoms with Crippen LogP contribution in [0.15, 0.2) is 34.8 Å². The van der Waals surface area contributed by atoms with Crippen LogP contribution in [0.3, 0.4) is 0 Å². The molecule has 0 spiro atoms. The summed E-state index contributed by atoms with van der Waals surface area (Å²) >= 11 is 1.10. The topological polar surface area (TPSA) is 108 Å². The normalized spacial score (nSPS) is 17.2. The number of nitrogens with zero attached hydrogens (tertiary/aromatic N) is 2. The number of carbonyl (C=O) groups is 1. The van der Waals surface area contributed by atoms with Gasteiger partial charge in [0.25, 0.3) is 5.69 Å². The number of carbonyl (C=O) groups excluding carboxylic acids is 1. The van der Waals surface area contributed by atoms with Gasteiger partial charge in [-0.25, -0.2) is 4.79 Å². The summed E-state index contributed by atoms with van der Waals surface area (Å²) in [6.45, 7) is 3.54. The van der Waals surface area contributed by atoms with Crippen molar-refractivity contribution < 1.29 is 14.5 Å². The van der Waals surface area contributed by atoms with E-state index in [0.717, 1.165) is 11.8 Å². The van der Waals surface area contributed by atoms with Crippen LogP contribution in [0.1, 0.15) is 19.4 Å². The van der Waals surface area contributed by atoms with Gasteiger partial charge in [-0.15, -0.1) is 12.4 Å². The minimum atomic E-state index is -0.618. The highest BCUT2D eigenvalue weighted by Gasteiger charge is 2.30. The van der Waals surface area contributed by atoms with E-state index >= 15 is 0 Å². The van der Waals surface area contributed by atoms with Gasteiger partial charge in [0.15, 0.2) is 0 Å². The van der Waals surface area contributed by atoms with Crippen molar-refractivity contribution in [2.45, 2.75) is 19.3 Å². The largest absolute Gasteiger partial charge is 0.462 e. The van der Waals surface area contributed by atoms with E-state index in [1.165, 1.54) is 6.07 Å². The van der Waals surface area contributed by atoms with Gasteiger partial charge in [-0.2, -0.15) is 0 Å². The first kappa shape index (κ1) is 19.1. The molecule has 1 atom stereocenters. The number of nitro benzene ring substituents is 1. The fraction of sp³-hybridized carbons (Fsp3) is 0.286. The van der Waals surface area contributed by atoms with E-state index < -0.39 is 16.4 Å². The summed E-state index contributed by atoms with van der Waals surface area (Å²) in [6.07, 6.45) is 0. The second-order valence-corrected chi connectivity index (χ2v) is 5.55. The minimum Gasteiger partial charge on any atom is -0.462 e. The van der Waals surface area contributed by atoms with E-state index in [9.17, 15) is 14.9 Å². The first-order chi connectivity index (χ1) is 10.5. The molecule has 0 saturated heterocycles. The number of thioether (sulfide) groups is 1. The Morgan fingerprint density at radius 3 is 2.74 bits per heavy atom. The Morgan fingerprint density at radius 1 is 1.48 bits per heavy atom. The maximum Gasteiger partial charge on any atom is 0.341 e. The number of esters is 1. The fourth-order valence-corrected chi connectivity index (χ4v) is 3.19. The van der Waals surface area contributed by atoms with Crippen molar-refractivity contribution in [3.8, 4) is 0 Å². The quantitative estimate of drug-likeness (QED) is 0.504. The lowest BCUT2D eigenvalue weighted by Gasteiger charge is -2.21. The minimum absolute atomic E-state index is 0. The summed E-state index contributed by atoms with van der Waals surface area (Å²) in [5, 5.41) is 11.2. The van der Waals surface area contributed by atoms with E-state index in [2.05, 4.69) is 4.99 Å². The molecular weight excluding hydrogens is 342 g/mol. The van der Waals surface area contributed by atoms with Gasteiger partial charge in [-0.05, 0) is 19.9 Å². The monoisotopic (exact) mass is 357 g/mol. The molecule has 1 aliphatic heterocycles. The van der Waals surface area contributed by atoms with Crippen LogP contribution in [-0.2, 0) is 9.53 Å². The molecule has 0 bridgehead atoms. The Morgan fingerprint density at radius 2 is 2.13 bits per heavy atom. The highest BCUT2D eigenvalue weighted by molar-refractivity contribution is 8.09. The molecule has 0 aliphatic carbocycles. The molecule has 23 heavy (non-hydrogen) atoms. The summed E-state index contributed by atoms with van der Waals surface area (Å²) in [7, 11) is 0. The number of hydrogen-bond donors (Lipinski definition) is 1. The van der Waals surface area contributed by atoms with E-state index in [4.69, 9.17) is 10.5 Å². The van der Waals surface area contributed by atoms with Crippen molar-refractivity contribution in [2.75, 3.05) is 6.61 Å². The second kappa shape index (κ2) is 8.09. The lowest BCUT2D eigenvalue weighted by Crippen LogP contribution is -2.25. The van der Waals surface area contributed by atoms with Gasteiger partial charge in [0, 0.05) is 11.0 Å². The average molecular weight is 358 g/mol. The highest BCUT2D eigenvalue weighted by atomic mass is 35.5. The highest BCUT2D eigenvalue weighted by Crippen LogP contribution is 2.41. The van der Waals surface area contributed by atoms with Crippen LogP contribution in [0.5, 0.6) is 0 Å². The molecule has 9 heteroatoms. The van der Waals surface area contributed by atoms with Gasteiger partial charge in [0.1, 0.15) is 5.50 Å². The molecular formula is C14H16ClN3O4S. The SMILES string of the molecule is CCOC(=O)C1=C(c2ccccc2[N+](=O)[O-])SC(N)N=C1C.Cl. The van der Waals surface area contributed by atoms with Gasteiger partial charge >= 0.3 is 5.97 Å². The third-order valence-corrected chi connectivity index (χ3v) is 3.98. The number of nitrogens with two attached hydrogens (primary N) is 1. The van der Waals surface area contributed by atoms with Crippen molar-refractivity contribution in [1.29, 1.82) is 0 Å². The first-order valence-corrected chi connectivity index (χ1v) is 7.45. The van der Waals surface area contributed by atoms with Crippen LogP contribution in [-0.4, -0.2) is 28.7 Å². The van der Waals surface area contributed by atoms with Crippen molar-refractivity contribution in [1.82, 2.24) is 0 Å². The number of benzene rings is 1. The van der Waals surface area contributed by atoms with Gasteiger partial charge in [-0.3, -0.25) is 15.1 Å². The van der Waals surface area contributed by atoms with E-state index in [0.29, 0.717) is 16.2 Å². The molecule has 0 fully saturated rings. The van der Waals surface area contributed by atoms with Gasteiger partial charge in [-0.1, -0.05) is 23.9 Å². The first-order valence-electron chi connectivity index (χ1n) is 6.58. The molecule has 1 aliphatic rings. The van der Waals surface area contributed by atoms with Crippen LogP contribution in [0.25, 0.3) is 4.91 Å². The number of nitro groups is 1. The van der Waals surface area contributed by atoms with Gasteiger partial charge in [0.2, 0.25) is 0 Å². The van der Waals surface area contributed by atoms with Crippen molar-refractivity contribution in [3.05, 3.63) is 45.5 Å². The molecule has 0 saturated carbocycles. The molecule has 124 valence electrons. The molecule has 1 aromatic rings. The number of ether oxygens (including phenoxy) is 1. The summed E-state index contributed by atoms with van der Waals surface area (Å²) in [5.74, 6) is -0.559. The standard InChI is InChI=1S/C14H15N3O4S.ClH/c1-3-21-13(18)11-8(2)16-14(15)22-12(11)9-6-4-5-7-10(9)17(19)20;/h4-7,14H,3,15H2,1-2H3;1H. The molecule has 1 aromatic carbocycles. The fourth-order valence-electron chi connectivity index (χ4n) is 2.09. The Hall–Kier alpha value is -1.90. The summed E-state index contributed by atoms with van der Waals surface area (Å²) < 4.78 is 5.04. The zero-order chi connectivity index (χ0) is 16.3. The Kier molecular flexibility index (Phi) is 6.74. The molecule has 1 unspecified atom stereocenters. The summed E-state index contributed by atoms with van der Waals surface area (Å²) in [5.41, 5.74) is 6.11. The van der Waals surface area contributed by atoms with E-state index in [1.54, 1.807) is 32.0 Å². The third-order valence-electron chi connectivity index (χ3n) is 2.97. The molecule has 0 radical (unpaired) electrons. The summed E-state index contributed by atoms with van der Waals surface area (Å²) in [4.78, 5) is 27.5. The molecule has 0 aromatic heterocycles. The Balaban J connectivity index is 0.00000264. The zero-order valence-corrected chi connectivity index (χ0v) is 14.1. The van der Waals surface area contributed by atoms with Gasteiger partial charge in [0.05, 0.1) is 28.4 Å².